The number of imidazole rings is 1. The van der Waals surface area contributed by atoms with E-state index in [-0.39, 0.29) is 11.6 Å². The highest BCUT2D eigenvalue weighted by Gasteiger charge is 2.32. The van der Waals surface area contributed by atoms with Gasteiger partial charge in [0.15, 0.2) is 0 Å². The maximum atomic E-state index is 13.1. The number of pyridine rings is 1. The van der Waals surface area contributed by atoms with Gasteiger partial charge in [0.2, 0.25) is 0 Å². The first kappa shape index (κ1) is 18.0. The van der Waals surface area contributed by atoms with Gasteiger partial charge in [0.05, 0.1) is 11.3 Å². The van der Waals surface area contributed by atoms with Crippen LogP contribution in [0.5, 0.6) is 0 Å². The molecule has 0 bridgehead atoms. The number of benzene rings is 1. The molecule has 3 rings (SSSR count). The monoisotopic (exact) mass is 361 g/mol. The van der Waals surface area contributed by atoms with Crippen molar-refractivity contribution in [2.75, 3.05) is 11.4 Å². The fraction of sp³-hybridized carbons (Fsp3) is 0.263. The van der Waals surface area contributed by atoms with Crippen molar-refractivity contribution < 1.29 is 18.0 Å². The number of aryl methyl sites for hydroxylation is 2. The molecule has 4 nitrogen and oxygen atoms in total. The summed E-state index contributed by atoms with van der Waals surface area (Å²) in [5.41, 5.74) is 1.69. The number of amides is 1. The Morgan fingerprint density at radius 3 is 2.54 bits per heavy atom. The minimum Gasteiger partial charge on any atom is -0.307 e. The third kappa shape index (κ3) is 3.16. The van der Waals surface area contributed by atoms with Crippen molar-refractivity contribution in [2.24, 2.45) is 0 Å². The van der Waals surface area contributed by atoms with Crippen LogP contribution in [0, 0.1) is 13.8 Å². The second-order valence-electron chi connectivity index (χ2n) is 6.08. The molecule has 3 aromatic rings. The Kier molecular flexibility index (Phi) is 4.48. The largest absolute Gasteiger partial charge is 0.417 e. The van der Waals surface area contributed by atoms with Gasteiger partial charge in [0.1, 0.15) is 11.3 Å². The van der Waals surface area contributed by atoms with Crippen LogP contribution < -0.4 is 4.90 Å². The Morgan fingerprint density at radius 1 is 1.19 bits per heavy atom. The second-order valence-corrected chi connectivity index (χ2v) is 6.08. The van der Waals surface area contributed by atoms with Gasteiger partial charge in [-0.05, 0) is 50.6 Å². The molecule has 2 heterocycles. The Bertz CT molecular complexity index is 976. The first-order valence-corrected chi connectivity index (χ1v) is 8.16. The molecule has 7 heteroatoms. The lowest BCUT2D eigenvalue weighted by molar-refractivity contribution is -0.137. The molecule has 0 radical (unpaired) electrons. The van der Waals surface area contributed by atoms with E-state index in [1.807, 2.05) is 32.0 Å². The summed E-state index contributed by atoms with van der Waals surface area (Å²) in [6, 6.07) is 9.65. The van der Waals surface area contributed by atoms with E-state index in [9.17, 15) is 18.0 Å². The first-order valence-electron chi connectivity index (χ1n) is 8.16. The molecule has 0 atom stereocenters. The lowest BCUT2D eigenvalue weighted by atomic mass is 10.2. The Balaban J connectivity index is 2.13. The van der Waals surface area contributed by atoms with Crippen molar-refractivity contribution >= 4 is 17.2 Å². The molecule has 0 fully saturated rings. The van der Waals surface area contributed by atoms with Crippen molar-refractivity contribution in [3.05, 3.63) is 65.1 Å². The molecule has 0 saturated carbocycles. The summed E-state index contributed by atoms with van der Waals surface area (Å²) in [6.07, 6.45) is -3.57. The molecule has 1 aromatic carbocycles. The van der Waals surface area contributed by atoms with Crippen molar-refractivity contribution in [1.82, 2.24) is 9.38 Å². The van der Waals surface area contributed by atoms with Crippen LogP contribution in [0.4, 0.5) is 18.9 Å². The highest BCUT2D eigenvalue weighted by atomic mass is 19.4. The number of carbonyl (C=O) groups is 1. The topological polar surface area (TPSA) is 37.6 Å². The van der Waals surface area contributed by atoms with Crippen molar-refractivity contribution in [3.8, 4) is 0 Å². The molecule has 0 aliphatic heterocycles. The van der Waals surface area contributed by atoms with E-state index in [2.05, 4.69) is 4.98 Å². The van der Waals surface area contributed by atoms with Gasteiger partial charge in [-0.25, -0.2) is 4.98 Å². The van der Waals surface area contributed by atoms with Crippen LogP contribution in [-0.2, 0) is 6.18 Å². The molecular weight excluding hydrogens is 343 g/mol. The smallest absolute Gasteiger partial charge is 0.307 e. The van der Waals surface area contributed by atoms with Gasteiger partial charge in [-0.1, -0.05) is 12.1 Å². The van der Waals surface area contributed by atoms with Crippen molar-refractivity contribution in [3.63, 3.8) is 0 Å². The van der Waals surface area contributed by atoms with Gasteiger partial charge in [-0.2, -0.15) is 13.2 Å². The Hall–Kier alpha value is -2.83. The predicted octanol–water partition coefficient (Wildman–Crippen LogP) is 4.64. The number of nitrogens with zero attached hydrogens (tertiary/aromatic N) is 3. The van der Waals surface area contributed by atoms with Crippen LogP contribution >= 0.6 is 0 Å². The number of hydrogen-bond donors (Lipinski definition) is 0. The van der Waals surface area contributed by atoms with E-state index in [0.29, 0.717) is 23.6 Å². The third-order valence-electron chi connectivity index (χ3n) is 4.20. The maximum Gasteiger partial charge on any atom is 0.417 e. The fourth-order valence-electron chi connectivity index (χ4n) is 2.95. The fourth-order valence-corrected chi connectivity index (χ4v) is 2.95. The molecule has 136 valence electrons. The molecule has 0 aliphatic rings. The number of alkyl halides is 3. The van der Waals surface area contributed by atoms with Crippen LogP contribution in [0.2, 0.25) is 0 Å². The highest BCUT2D eigenvalue weighted by molar-refractivity contribution is 6.06. The number of hydrogen-bond acceptors (Lipinski definition) is 2. The predicted molar refractivity (Wildman–Crippen MR) is 93.5 cm³/mol. The summed E-state index contributed by atoms with van der Waals surface area (Å²) >= 11 is 0. The van der Waals surface area contributed by atoms with E-state index in [4.69, 9.17) is 0 Å². The van der Waals surface area contributed by atoms with Gasteiger partial charge >= 0.3 is 6.18 Å². The first-order chi connectivity index (χ1) is 12.2. The summed E-state index contributed by atoms with van der Waals surface area (Å²) in [4.78, 5) is 18.9. The molecule has 26 heavy (non-hydrogen) atoms. The highest BCUT2D eigenvalue weighted by Crippen LogP contribution is 2.30. The van der Waals surface area contributed by atoms with Crippen LogP contribution in [0.3, 0.4) is 0 Å². The Morgan fingerprint density at radius 2 is 1.92 bits per heavy atom. The van der Waals surface area contributed by atoms with Crippen LogP contribution in [-0.4, -0.2) is 21.8 Å². The lowest BCUT2D eigenvalue weighted by Crippen LogP contribution is -2.32. The SMILES string of the molecule is CCN(C(=O)c1c(C)nc2ccc(C(F)(F)F)cn12)c1cccc(C)c1. The molecule has 0 unspecified atom stereocenters. The zero-order valence-electron chi connectivity index (χ0n) is 14.6. The van der Waals surface area contributed by atoms with E-state index < -0.39 is 11.7 Å². The van der Waals surface area contributed by atoms with Crippen molar-refractivity contribution in [2.45, 2.75) is 26.9 Å². The number of carbonyl (C=O) groups excluding carboxylic acids is 1. The molecule has 1 amide bonds. The number of aromatic nitrogens is 2. The maximum absolute atomic E-state index is 13.1. The molecule has 0 aliphatic carbocycles. The minimum absolute atomic E-state index is 0.134. The zero-order chi connectivity index (χ0) is 19.1. The van der Waals surface area contributed by atoms with E-state index in [1.165, 1.54) is 15.4 Å². The van der Waals surface area contributed by atoms with Gasteiger partial charge in [-0.15, -0.1) is 0 Å². The summed E-state index contributed by atoms with van der Waals surface area (Å²) in [6.45, 7) is 5.74. The van der Waals surface area contributed by atoms with Gasteiger partial charge in [-0.3, -0.25) is 9.20 Å². The van der Waals surface area contributed by atoms with Gasteiger partial charge in [0.25, 0.3) is 5.91 Å². The van der Waals surface area contributed by atoms with Crippen LogP contribution in [0.25, 0.3) is 5.65 Å². The number of rotatable bonds is 3. The average molecular weight is 361 g/mol. The van der Waals surface area contributed by atoms with Crippen LogP contribution in [0.1, 0.15) is 34.2 Å². The van der Waals surface area contributed by atoms with Gasteiger partial charge < -0.3 is 4.90 Å². The van der Waals surface area contributed by atoms with E-state index in [0.717, 1.165) is 17.8 Å². The van der Waals surface area contributed by atoms with Crippen molar-refractivity contribution in [1.29, 1.82) is 0 Å². The van der Waals surface area contributed by atoms with Crippen LogP contribution in [0.15, 0.2) is 42.6 Å². The quantitative estimate of drug-likeness (QED) is 0.682. The standard InChI is InChI=1S/C19H18F3N3O/c1-4-24(15-7-5-6-12(2)10-15)18(26)17-13(3)23-16-9-8-14(11-25(16)17)19(20,21)22/h5-11H,4H2,1-3H3. The second kappa shape index (κ2) is 6.48. The van der Waals surface area contributed by atoms with Gasteiger partial charge in [0, 0.05) is 18.4 Å². The molecule has 0 spiro atoms. The summed E-state index contributed by atoms with van der Waals surface area (Å²) in [5.74, 6) is -0.387. The van der Waals surface area contributed by atoms with E-state index >= 15 is 0 Å². The third-order valence-corrected chi connectivity index (χ3v) is 4.20. The summed E-state index contributed by atoms with van der Waals surface area (Å²) in [7, 11) is 0. The number of halogens is 3. The lowest BCUT2D eigenvalue weighted by Gasteiger charge is -2.21. The molecular formula is C19H18F3N3O. The number of fused-ring (bicyclic) bond motifs is 1. The van der Waals surface area contributed by atoms with E-state index in [1.54, 1.807) is 13.0 Å². The normalized spacial score (nSPS) is 11.8. The molecule has 2 aromatic heterocycles. The molecule has 0 N–H and O–H groups in total. The molecule has 0 saturated heterocycles. The Labute approximate surface area is 148 Å². The zero-order valence-corrected chi connectivity index (χ0v) is 14.6. The minimum atomic E-state index is -4.49. The number of anilines is 1. The summed E-state index contributed by atoms with van der Waals surface area (Å²) in [5, 5.41) is 0. The average Bonchev–Trinajstić information content (AvgIpc) is 2.89. The summed E-state index contributed by atoms with van der Waals surface area (Å²) < 4.78 is 40.4.